The molecule has 14 atom stereocenters. The molecule has 1 aliphatic heterocycles. The quantitative estimate of drug-likeness (QED) is 0.141. The van der Waals surface area contributed by atoms with Gasteiger partial charge in [-0.2, -0.15) is 0 Å². The molecule has 15 heteroatoms. The van der Waals surface area contributed by atoms with Crippen LogP contribution in [0.15, 0.2) is 11.6 Å². The van der Waals surface area contributed by atoms with Gasteiger partial charge in [-0.1, -0.05) is 6.08 Å². The number of hydrogen-bond donors (Lipinski definition) is 13. The molecule has 0 amide bonds. The van der Waals surface area contributed by atoms with Crippen molar-refractivity contribution in [3.05, 3.63) is 11.6 Å². The Balaban J connectivity index is 1.79. The maximum Gasteiger partial charge on any atom is 0.187 e. The largest absolute Gasteiger partial charge is 0.394 e. The van der Waals surface area contributed by atoms with Crippen molar-refractivity contribution in [1.82, 2.24) is 5.32 Å². The molecule has 0 aromatic heterocycles. The van der Waals surface area contributed by atoms with Crippen LogP contribution in [-0.4, -0.2) is 166 Å². The summed E-state index contributed by atoms with van der Waals surface area (Å²) in [5, 5.41) is 124. The van der Waals surface area contributed by atoms with E-state index in [1.54, 1.807) is 0 Å². The molecular weight excluding hydrogens is 478 g/mol. The van der Waals surface area contributed by atoms with Gasteiger partial charge in [0.1, 0.15) is 60.5 Å². The number of rotatable bonds is 7. The smallest absolute Gasteiger partial charge is 0.187 e. The highest BCUT2D eigenvalue weighted by atomic mass is 16.7. The first-order valence-corrected chi connectivity index (χ1v) is 11.2. The van der Waals surface area contributed by atoms with Crippen LogP contribution in [0.5, 0.6) is 0 Å². The van der Waals surface area contributed by atoms with E-state index in [0.29, 0.717) is 0 Å². The van der Waals surface area contributed by atoms with E-state index < -0.39 is 111 Å². The average molecular weight is 513 g/mol. The minimum Gasteiger partial charge on any atom is -0.394 e. The van der Waals surface area contributed by atoms with Crippen LogP contribution in [0.2, 0.25) is 0 Å². The molecule has 3 rings (SSSR count). The normalized spacial score (nSPS) is 51.2. The summed E-state index contributed by atoms with van der Waals surface area (Å²) in [4.78, 5) is 0. The van der Waals surface area contributed by atoms with E-state index in [0.717, 1.165) is 0 Å². The first-order chi connectivity index (χ1) is 16.4. The van der Waals surface area contributed by atoms with Crippen LogP contribution in [0, 0.1) is 0 Å². The van der Waals surface area contributed by atoms with Gasteiger partial charge in [0.2, 0.25) is 0 Å². The van der Waals surface area contributed by atoms with Crippen LogP contribution in [0.4, 0.5) is 0 Å². The molecule has 13 N–H and O–H groups in total. The fourth-order valence-corrected chi connectivity index (χ4v) is 4.78. The molecule has 35 heavy (non-hydrogen) atoms. The van der Waals surface area contributed by atoms with Crippen LogP contribution >= 0.6 is 0 Å². The van der Waals surface area contributed by atoms with Crippen LogP contribution in [0.1, 0.15) is 6.42 Å². The zero-order valence-electron chi connectivity index (χ0n) is 18.6. The summed E-state index contributed by atoms with van der Waals surface area (Å²) in [6, 6.07) is -2.34. The minimum atomic E-state index is -2.27. The van der Waals surface area contributed by atoms with Gasteiger partial charge < -0.3 is 76.1 Å². The molecule has 1 saturated heterocycles. The van der Waals surface area contributed by atoms with E-state index in [1.807, 2.05) is 0 Å². The van der Waals surface area contributed by atoms with Crippen LogP contribution in [0.25, 0.3) is 0 Å². The molecule has 15 nitrogen and oxygen atoms in total. The minimum absolute atomic E-state index is 0.00704. The van der Waals surface area contributed by atoms with E-state index in [9.17, 15) is 61.3 Å². The molecular formula is C20H35NO14. The maximum atomic E-state index is 11.1. The second-order valence-electron chi connectivity index (χ2n) is 9.33. The third kappa shape index (κ3) is 5.40. The lowest BCUT2D eigenvalue weighted by atomic mass is 9.75. The van der Waals surface area contributed by atoms with Gasteiger partial charge >= 0.3 is 0 Å². The standard InChI is InChI=1S/C20H35NO14/c22-3-6-1-7(11(26)14(29)10(6)25)21-8-2-20(33,5-24)18(16(31)12(8)27)35-19-17(32)15(30)13(28)9(4-23)34-19/h1,7-19,21-33H,2-5H2. The van der Waals surface area contributed by atoms with Gasteiger partial charge in [0.25, 0.3) is 0 Å². The number of ether oxygens (including phenoxy) is 2. The van der Waals surface area contributed by atoms with Gasteiger partial charge in [0, 0.05) is 6.04 Å². The monoisotopic (exact) mass is 513 g/mol. The van der Waals surface area contributed by atoms with Crippen molar-refractivity contribution >= 4 is 0 Å². The summed E-state index contributed by atoms with van der Waals surface area (Å²) in [6.45, 7) is -2.40. The molecule has 0 spiro atoms. The van der Waals surface area contributed by atoms with Gasteiger partial charge in [-0.15, -0.1) is 0 Å². The number of hydrogen-bond acceptors (Lipinski definition) is 15. The lowest BCUT2D eigenvalue weighted by molar-refractivity contribution is -0.343. The van der Waals surface area contributed by atoms with Crippen molar-refractivity contribution in [2.75, 3.05) is 19.8 Å². The molecule has 14 unspecified atom stereocenters. The van der Waals surface area contributed by atoms with Crippen molar-refractivity contribution in [3.8, 4) is 0 Å². The zero-order chi connectivity index (χ0) is 26.2. The van der Waals surface area contributed by atoms with Crippen LogP contribution in [0.3, 0.4) is 0 Å². The molecule has 1 heterocycles. The fourth-order valence-electron chi connectivity index (χ4n) is 4.78. The fraction of sp³-hybridized carbons (Fsp3) is 0.900. The van der Waals surface area contributed by atoms with Crippen molar-refractivity contribution in [2.24, 2.45) is 0 Å². The molecule has 0 radical (unpaired) electrons. The Labute approximate surface area is 199 Å². The summed E-state index contributed by atoms with van der Waals surface area (Å²) in [5.41, 5.74) is -2.27. The summed E-state index contributed by atoms with van der Waals surface area (Å²) in [5.74, 6) is 0. The molecule has 204 valence electrons. The van der Waals surface area contributed by atoms with Gasteiger partial charge in [0.15, 0.2) is 6.29 Å². The van der Waals surface area contributed by atoms with Crippen molar-refractivity contribution in [2.45, 2.75) is 91.4 Å². The Morgan fingerprint density at radius 1 is 0.857 bits per heavy atom. The van der Waals surface area contributed by atoms with Gasteiger partial charge in [-0.25, -0.2) is 0 Å². The van der Waals surface area contributed by atoms with Crippen molar-refractivity contribution in [1.29, 1.82) is 0 Å². The third-order valence-electron chi connectivity index (χ3n) is 6.98. The van der Waals surface area contributed by atoms with Crippen LogP contribution < -0.4 is 5.32 Å². The Bertz CT molecular complexity index is 741. The molecule has 1 saturated carbocycles. The SMILES string of the molecule is OCC1=CC(NC2CC(O)(CO)C(OC3OC(CO)C(O)C(O)C3O)C(O)C2O)C(O)C(O)C1O. The Morgan fingerprint density at radius 3 is 2.09 bits per heavy atom. The Morgan fingerprint density at radius 2 is 1.51 bits per heavy atom. The van der Waals surface area contributed by atoms with E-state index in [4.69, 9.17) is 9.47 Å². The second kappa shape index (κ2) is 11.3. The lowest BCUT2D eigenvalue weighted by Gasteiger charge is -2.50. The van der Waals surface area contributed by atoms with E-state index in [-0.39, 0.29) is 5.57 Å². The maximum absolute atomic E-state index is 11.1. The predicted molar refractivity (Wildman–Crippen MR) is 111 cm³/mol. The average Bonchev–Trinajstić information content (AvgIpc) is 2.85. The zero-order valence-corrected chi connectivity index (χ0v) is 18.6. The predicted octanol–water partition coefficient (Wildman–Crippen LogP) is -7.64. The molecule has 3 aliphatic rings. The Kier molecular flexibility index (Phi) is 9.23. The molecule has 0 bridgehead atoms. The van der Waals surface area contributed by atoms with Crippen molar-refractivity contribution < 1.29 is 70.8 Å². The highest BCUT2D eigenvalue weighted by molar-refractivity contribution is 5.22. The van der Waals surface area contributed by atoms with Gasteiger partial charge in [0.05, 0.1) is 32.0 Å². The first kappa shape index (κ1) is 28.7. The van der Waals surface area contributed by atoms with Crippen molar-refractivity contribution in [3.63, 3.8) is 0 Å². The van der Waals surface area contributed by atoms with Gasteiger partial charge in [-0.3, -0.25) is 0 Å². The molecule has 2 aliphatic carbocycles. The molecule has 2 fully saturated rings. The highest BCUT2D eigenvalue weighted by Crippen LogP contribution is 2.35. The third-order valence-corrected chi connectivity index (χ3v) is 6.98. The molecule has 0 aromatic carbocycles. The van der Waals surface area contributed by atoms with E-state index in [1.165, 1.54) is 6.08 Å². The molecule has 0 aromatic rings. The lowest BCUT2D eigenvalue weighted by Crippen LogP contribution is -2.71. The summed E-state index contributed by atoms with van der Waals surface area (Å²) < 4.78 is 10.7. The van der Waals surface area contributed by atoms with E-state index in [2.05, 4.69) is 5.32 Å². The summed E-state index contributed by atoms with van der Waals surface area (Å²) >= 11 is 0. The number of aliphatic hydroxyl groups excluding tert-OH is 11. The second-order valence-corrected chi connectivity index (χ2v) is 9.33. The summed E-state index contributed by atoms with van der Waals surface area (Å²) in [7, 11) is 0. The van der Waals surface area contributed by atoms with E-state index >= 15 is 0 Å². The topological polar surface area (TPSA) is 273 Å². The summed E-state index contributed by atoms with van der Waals surface area (Å²) in [6.07, 6.45) is -18.0. The number of nitrogens with one attached hydrogen (secondary N) is 1. The number of aliphatic hydroxyl groups is 12. The first-order valence-electron chi connectivity index (χ1n) is 11.2. The van der Waals surface area contributed by atoms with Crippen LogP contribution in [-0.2, 0) is 9.47 Å². The highest BCUT2D eigenvalue weighted by Gasteiger charge is 2.56. The Hall–Kier alpha value is -0.860. The van der Waals surface area contributed by atoms with Gasteiger partial charge in [-0.05, 0) is 12.0 Å².